The van der Waals surface area contributed by atoms with E-state index in [2.05, 4.69) is 14.7 Å². The van der Waals surface area contributed by atoms with E-state index in [9.17, 15) is 0 Å². The second-order valence-corrected chi connectivity index (χ2v) is 5.09. The number of thioether (sulfide) groups is 1. The standard InChI is InChI=1S/C9H17N3OS2/c1-4-8-11-9(15-12-8)10-6(2)7(5-13)14-3/h6-7,13H,4-5H2,1-3H3,(H,10,11,12). The monoisotopic (exact) mass is 247 g/mol. The van der Waals surface area contributed by atoms with Gasteiger partial charge in [-0.25, -0.2) is 4.98 Å². The van der Waals surface area contributed by atoms with Gasteiger partial charge in [0, 0.05) is 29.2 Å². The summed E-state index contributed by atoms with van der Waals surface area (Å²) in [5, 5.41) is 13.4. The van der Waals surface area contributed by atoms with Crippen LogP contribution in [-0.2, 0) is 6.42 Å². The highest BCUT2D eigenvalue weighted by Gasteiger charge is 2.16. The van der Waals surface area contributed by atoms with Crippen molar-refractivity contribution in [1.82, 2.24) is 9.36 Å². The predicted octanol–water partition coefficient (Wildman–Crippen LogP) is 1.62. The van der Waals surface area contributed by atoms with Gasteiger partial charge in [0.1, 0.15) is 5.82 Å². The van der Waals surface area contributed by atoms with Crippen LogP contribution in [0, 0.1) is 0 Å². The fraction of sp³-hybridized carbons (Fsp3) is 0.778. The number of aliphatic hydroxyl groups is 1. The van der Waals surface area contributed by atoms with Crippen LogP contribution in [0.2, 0.25) is 0 Å². The minimum atomic E-state index is 0.175. The quantitative estimate of drug-likeness (QED) is 0.800. The van der Waals surface area contributed by atoms with Gasteiger partial charge in [0.25, 0.3) is 0 Å². The molecule has 2 unspecified atom stereocenters. The lowest BCUT2D eigenvalue weighted by Gasteiger charge is -2.20. The maximum Gasteiger partial charge on any atom is 0.202 e. The van der Waals surface area contributed by atoms with Crippen LogP contribution in [0.5, 0.6) is 0 Å². The summed E-state index contributed by atoms with van der Waals surface area (Å²) in [4.78, 5) is 4.33. The smallest absolute Gasteiger partial charge is 0.202 e. The van der Waals surface area contributed by atoms with Crippen LogP contribution in [0.4, 0.5) is 5.13 Å². The van der Waals surface area contributed by atoms with E-state index in [0.717, 1.165) is 17.4 Å². The van der Waals surface area contributed by atoms with Gasteiger partial charge in [0.2, 0.25) is 5.13 Å². The third-order valence-electron chi connectivity index (χ3n) is 2.18. The first-order valence-electron chi connectivity index (χ1n) is 4.94. The highest BCUT2D eigenvalue weighted by molar-refractivity contribution is 7.99. The van der Waals surface area contributed by atoms with Crippen LogP contribution in [0.15, 0.2) is 0 Å². The Kier molecular flexibility index (Phi) is 5.35. The van der Waals surface area contributed by atoms with Crippen LogP contribution in [0.25, 0.3) is 0 Å². The van der Waals surface area contributed by atoms with Gasteiger partial charge in [0.15, 0.2) is 0 Å². The Balaban J connectivity index is 2.53. The number of hydrogen-bond donors (Lipinski definition) is 2. The minimum Gasteiger partial charge on any atom is -0.395 e. The highest BCUT2D eigenvalue weighted by Crippen LogP contribution is 2.17. The average molecular weight is 247 g/mol. The molecule has 1 heterocycles. The zero-order valence-electron chi connectivity index (χ0n) is 9.23. The van der Waals surface area contributed by atoms with Crippen molar-refractivity contribution in [2.24, 2.45) is 0 Å². The number of hydrogen-bond acceptors (Lipinski definition) is 6. The molecule has 0 bridgehead atoms. The third-order valence-corrected chi connectivity index (χ3v) is 4.02. The molecular weight excluding hydrogens is 230 g/mol. The Morgan fingerprint density at radius 2 is 2.33 bits per heavy atom. The van der Waals surface area contributed by atoms with Crippen molar-refractivity contribution in [1.29, 1.82) is 0 Å². The topological polar surface area (TPSA) is 58.0 Å². The number of nitrogens with one attached hydrogen (secondary N) is 1. The van der Waals surface area contributed by atoms with Gasteiger partial charge in [-0.1, -0.05) is 6.92 Å². The van der Waals surface area contributed by atoms with Crippen molar-refractivity contribution in [3.8, 4) is 0 Å². The number of aromatic nitrogens is 2. The Bertz CT molecular complexity index is 289. The van der Waals surface area contributed by atoms with E-state index in [-0.39, 0.29) is 17.9 Å². The minimum absolute atomic E-state index is 0.175. The predicted molar refractivity (Wildman–Crippen MR) is 66.8 cm³/mol. The maximum atomic E-state index is 9.13. The van der Waals surface area contributed by atoms with Crippen molar-refractivity contribution >= 4 is 28.4 Å². The Hall–Kier alpha value is -0.330. The number of nitrogens with zero attached hydrogens (tertiary/aromatic N) is 2. The first-order valence-corrected chi connectivity index (χ1v) is 7.00. The number of anilines is 1. The number of aryl methyl sites for hydroxylation is 1. The molecule has 0 saturated heterocycles. The first-order chi connectivity index (χ1) is 7.21. The van der Waals surface area contributed by atoms with Crippen LogP contribution in [0.1, 0.15) is 19.7 Å². The van der Waals surface area contributed by atoms with E-state index >= 15 is 0 Å². The molecular formula is C9H17N3OS2. The molecule has 0 saturated carbocycles. The van der Waals surface area contributed by atoms with Crippen molar-refractivity contribution in [2.75, 3.05) is 18.2 Å². The van der Waals surface area contributed by atoms with E-state index < -0.39 is 0 Å². The highest BCUT2D eigenvalue weighted by atomic mass is 32.2. The molecule has 2 atom stereocenters. The molecule has 15 heavy (non-hydrogen) atoms. The fourth-order valence-corrected chi connectivity index (χ4v) is 2.55. The molecule has 6 heteroatoms. The Morgan fingerprint density at radius 1 is 1.60 bits per heavy atom. The van der Waals surface area contributed by atoms with Crippen LogP contribution >= 0.6 is 23.3 Å². The maximum absolute atomic E-state index is 9.13. The summed E-state index contributed by atoms with van der Waals surface area (Å²) in [6.07, 6.45) is 2.86. The first kappa shape index (κ1) is 12.7. The zero-order chi connectivity index (χ0) is 11.3. The number of rotatable bonds is 6. The van der Waals surface area contributed by atoms with E-state index in [1.807, 2.05) is 20.1 Å². The summed E-state index contributed by atoms with van der Waals surface area (Å²) >= 11 is 3.03. The van der Waals surface area contributed by atoms with Crippen molar-refractivity contribution in [2.45, 2.75) is 31.6 Å². The van der Waals surface area contributed by atoms with Gasteiger partial charge < -0.3 is 10.4 Å². The summed E-state index contributed by atoms with van der Waals surface area (Å²) < 4.78 is 4.20. The number of aliphatic hydroxyl groups excluding tert-OH is 1. The molecule has 4 nitrogen and oxygen atoms in total. The molecule has 0 aromatic carbocycles. The normalized spacial score (nSPS) is 14.9. The molecule has 1 rings (SSSR count). The van der Waals surface area contributed by atoms with E-state index in [1.54, 1.807) is 11.8 Å². The van der Waals surface area contributed by atoms with E-state index in [0.29, 0.717) is 0 Å². The summed E-state index contributed by atoms with van der Waals surface area (Å²) in [7, 11) is 0. The van der Waals surface area contributed by atoms with Gasteiger partial charge in [0.05, 0.1) is 6.61 Å². The second kappa shape index (κ2) is 6.30. The zero-order valence-corrected chi connectivity index (χ0v) is 10.9. The Morgan fingerprint density at radius 3 is 2.80 bits per heavy atom. The van der Waals surface area contributed by atoms with Gasteiger partial charge >= 0.3 is 0 Å². The van der Waals surface area contributed by atoms with E-state index in [1.165, 1.54) is 11.5 Å². The van der Waals surface area contributed by atoms with Crippen LogP contribution in [-0.4, -0.2) is 38.6 Å². The third kappa shape index (κ3) is 3.62. The Labute approximate surface area is 98.7 Å². The SMILES string of the molecule is CCc1nsc(NC(C)C(CO)SC)n1. The second-order valence-electron chi connectivity index (χ2n) is 3.26. The summed E-state index contributed by atoms with van der Waals surface area (Å²) in [6, 6.07) is 0.197. The lowest BCUT2D eigenvalue weighted by atomic mass is 10.2. The summed E-state index contributed by atoms with van der Waals surface area (Å²) in [5.41, 5.74) is 0. The molecule has 86 valence electrons. The molecule has 0 spiro atoms. The fourth-order valence-electron chi connectivity index (χ4n) is 1.18. The average Bonchev–Trinajstić information content (AvgIpc) is 2.67. The van der Waals surface area contributed by atoms with Crippen molar-refractivity contribution in [3.63, 3.8) is 0 Å². The summed E-state index contributed by atoms with van der Waals surface area (Å²) in [5.74, 6) is 0.874. The lowest BCUT2D eigenvalue weighted by Crippen LogP contribution is -2.30. The molecule has 1 aromatic rings. The summed E-state index contributed by atoms with van der Waals surface area (Å²) in [6.45, 7) is 4.26. The molecule has 0 aliphatic carbocycles. The lowest BCUT2D eigenvalue weighted by molar-refractivity contribution is 0.288. The van der Waals surface area contributed by atoms with Crippen LogP contribution in [0.3, 0.4) is 0 Å². The van der Waals surface area contributed by atoms with Crippen molar-refractivity contribution < 1.29 is 5.11 Å². The van der Waals surface area contributed by atoms with Gasteiger partial charge in [-0.2, -0.15) is 16.1 Å². The van der Waals surface area contributed by atoms with Crippen LogP contribution < -0.4 is 5.32 Å². The molecule has 0 fully saturated rings. The molecule has 2 N–H and O–H groups in total. The molecule has 0 aliphatic rings. The van der Waals surface area contributed by atoms with Gasteiger partial charge in [-0.15, -0.1) is 0 Å². The molecule has 0 aliphatic heterocycles. The van der Waals surface area contributed by atoms with Crippen molar-refractivity contribution in [3.05, 3.63) is 5.82 Å². The largest absolute Gasteiger partial charge is 0.395 e. The van der Waals surface area contributed by atoms with Gasteiger partial charge in [-0.05, 0) is 13.2 Å². The molecule has 1 aromatic heterocycles. The van der Waals surface area contributed by atoms with Gasteiger partial charge in [-0.3, -0.25) is 0 Å². The van der Waals surface area contributed by atoms with E-state index in [4.69, 9.17) is 5.11 Å². The molecule has 0 radical (unpaired) electrons. The molecule has 0 amide bonds.